The summed E-state index contributed by atoms with van der Waals surface area (Å²) in [6, 6.07) is 14.0. The molecule has 0 N–H and O–H groups in total. The summed E-state index contributed by atoms with van der Waals surface area (Å²) in [5, 5.41) is 4.68. The van der Waals surface area contributed by atoms with Crippen LogP contribution in [0.3, 0.4) is 0 Å². The number of aromatic nitrogens is 2. The quantitative estimate of drug-likeness (QED) is 0.366. The molecule has 1 aromatic heterocycles. The highest BCUT2D eigenvalue weighted by Crippen LogP contribution is 2.31. The number of piperidine rings is 1. The number of carbonyl (C=O) groups is 2. The maximum atomic E-state index is 13.4. The molecule has 1 atom stereocenters. The monoisotopic (exact) mass is 542 g/mol. The number of carbonyl (C=O) groups excluding carboxylic acids is 2. The number of hydrogen-bond acceptors (Lipinski definition) is 5. The molecule has 0 aliphatic carbocycles. The van der Waals surface area contributed by atoms with E-state index in [0.717, 1.165) is 22.9 Å². The van der Waals surface area contributed by atoms with Gasteiger partial charge in [-0.3, -0.25) is 9.59 Å². The van der Waals surface area contributed by atoms with Crippen molar-refractivity contribution in [2.24, 2.45) is 0 Å². The third-order valence-corrected chi connectivity index (χ3v) is 6.40. The Morgan fingerprint density at radius 2 is 2.06 bits per heavy atom. The first-order chi connectivity index (χ1) is 16.5. The van der Waals surface area contributed by atoms with E-state index in [9.17, 15) is 9.59 Å². The molecule has 1 fully saturated rings. The largest absolute Gasteiger partial charge is 0.337 e. The minimum Gasteiger partial charge on any atom is -0.337 e. The summed E-state index contributed by atoms with van der Waals surface area (Å²) in [7, 11) is 0. The predicted octanol–water partition coefficient (Wildman–Crippen LogP) is 5.53. The fraction of sp³-hybridized carbons (Fsp3) is 0.280. The van der Waals surface area contributed by atoms with E-state index in [1.807, 2.05) is 18.2 Å². The average molecular weight is 544 g/mol. The second-order valence-electron chi connectivity index (χ2n) is 8.05. The maximum absolute atomic E-state index is 13.4. The van der Waals surface area contributed by atoms with Gasteiger partial charge in [0.25, 0.3) is 5.91 Å². The zero-order valence-corrected chi connectivity index (χ0v) is 20.8. The van der Waals surface area contributed by atoms with Crippen molar-refractivity contribution >= 4 is 39.3 Å². The van der Waals surface area contributed by atoms with E-state index in [0.29, 0.717) is 35.3 Å². The molecule has 0 spiro atoms. The van der Waals surface area contributed by atoms with Crippen molar-refractivity contribution < 1.29 is 14.1 Å². The Balaban J connectivity index is 1.52. The van der Waals surface area contributed by atoms with Gasteiger partial charge in [-0.25, -0.2) is 0 Å². The maximum Gasteiger partial charge on any atom is 0.254 e. The SMILES string of the molecule is C=CCN(CC(=O)N1CCCCC1c1nc(-c2cccc(Cl)c2)no1)C(=O)c1cccc(Br)c1. The molecule has 2 aromatic carbocycles. The van der Waals surface area contributed by atoms with E-state index in [4.69, 9.17) is 16.1 Å². The van der Waals surface area contributed by atoms with Crippen LogP contribution in [0.1, 0.15) is 41.6 Å². The van der Waals surface area contributed by atoms with Crippen molar-refractivity contribution in [2.45, 2.75) is 25.3 Å². The molecule has 1 aliphatic rings. The number of hydrogen-bond donors (Lipinski definition) is 0. The van der Waals surface area contributed by atoms with Gasteiger partial charge >= 0.3 is 0 Å². The first-order valence-corrected chi connectivity index (χ1v) is 12.2. The lowest BCUT2D eigenvalue weighted by molar-refractivity contribution is -0.136. The summed E-state index contributed by atoms with van der Waals surface area (Å²) in [5.41, 5.74) is 1.25. The number of amides is 2. The highest BCUT2D eigenvalue weighted by Gasteiger charge is 2.33. The summed E-state index contributed by atoms with van der Waals surface area (Å²) >= 11 is 9.48. The lowest BCUT2D eigenvalue weighted by atomic mass is 10.0. The molecule has 2 heterocycles. The van der Waals surface area contributed by atoms with Crippen LogP contribution in [0, 0.1) is 0 Å². The Labute approximate surface area is 211 Å². The Kier molecular flexibility index (Phi) is 7.80. The van der Waals surface area contributed by atoms with Crippen LogP contribution in [0.5, 0.6) is 0 Å². The molecule has 0 saturated carbocycles. The van der Waals surface area contributed by atoms with Crippen LogP contribution in [0.25, 0.3) is 11.4 Å². The van der Waals surface area contributed by atoms with Gasteiger partial charge in [0.15, 0.2) is 0 Å². The van der Waals surface area contributed by atoms with Crippen molar-refractivity contribution in [1.82, 2.24) is 19.9 Å². The van der Waals surface area contributed by atoms with Gasteiger partial charge in [0.1, 0.15) is 12.6 Å². The minimum atomic E-state index is -0.340. The normalized spacial score (nSPS) is 15.7. The predicted molar refractivity (Wildman–Crippen MR) is 133 cm³/mol. The summed E-state index contributed by atoms with van der Waals surface area (Å²) in [6.45, 7) is 4.50. The first kappa shape index (κ1) is 24.2. The first-order valence-electron chi connectivity index (χ1n) is 11.0. The molecular weight excluding hydrogens is 520 g/mol. The number of likely N-dealkylation sites (tertiary alicyclic amines) is 1. The van der Waals surface area contributed by atoms with E-state index < -0.39 is 0 Å². The van der Waals surface area contributed by atoms with Gasteiger partial charge in [0.05, 0.1) is 0 Å². The molecule has 4 rings (SSSR count). The van der Waals surface area contributed by atoms with E-state index in [-0.39, 0.29) is 30.9 Å². The lowest BCUT2D eigenvalue weighted by Crippen LogP contribution is -2.46. The third kappa shape index (κ3) is 5.56. The zero-order valence-electron chi connectivity index (χ0n) is 18.5. The minimum absolute atomic E-state index is 0.0663. The standard InChI is InChI=1S/C25H24BrClN4O3/c1-2-12-30(25(33)18-8-5-9-19(26)14-18)16-22(32)31-13-4-3-11-21(31)24-28-23(29-34-24)17-7-6-10-20(27)15-17/h2,5-10,14-15,21H,1,3-4,11-13,16H2. The third-order valence-electron chi connectivity index (χ3n) is 5.67. The van der Waals surface area contributed by atoms with Crippen LogP contribution in [0.15, 0.2) is 70.2 Å². The van der Waals surface area contributed by atoms with Crippen LogP contribution < -0.4 is 0 Å². The Hall–Kier alpha value is -2.97. The highest BCUT2D eigenvalue weighted by molar-refractivity contribution is 9.10. The lowest BCUT2D eigenvalue weighted by Gasteiger charge is -2.35. The molecule has 9 heteroatoms. The van der Waals surface area contributed by atoms with Gasteiger partial charge in [-0.15, -0.1) is 6.58 Å². The van der Waals surface area contributed by atoms with Gasteiger partial charge in [-0.05, 0) is 49.6 Å². The molecular formula is C25H24BrClN4O3. The van der Waals surface area contributed by atoms with Crippen LogP contribution in [0.2, 0.25) is 5.02 Å². The number of benzene rings is 2. The molecule has 0 bridgehead atoms. The Bertz CT molecular complexity index is 1200. The molecule has 2 amide bonds. The van der Waals surface area contributed by atoms with Crippen LogP contribution >= 0.6 is 27.5 Å². The van der Waals surface area contributed by atoms with E-state index in [1.54, 1.807) is 41.3 Å². The Morgan fingerprint density at radius 3 is 2.82 bits per heavy atom. The van der Waals surface area contributed by atoms with Gasteiger partial charge < -0.3 is 14.3 Å². The zero-order chi connectivity index (χ0) is 24.1. The Morgan fingerprint density at radius 1 is 1.24 bits per heavy atom. The second-order valence-corrected chi connectivity index (χ2v) is 9.40. The topological polar surface area (TPSA) is 79.5 Å². The van der Waals surface area contributed by atoms with E-state index in [2.05, 4.69) is 32.6 Å². The highest BCUT2D eigenvalue weighted by atomic mass is 79.9. The summed E-state index contributed by atoms with van der Waals surface area (Å²) in [5.74, 6) is 0.409. The smallest absolute Gasteiger partial charge is 0.254 e. The number of rotatable bonds is 7. The molecule has 7 nitrogen and oxygen atoms in total. The number of nitrogens with zero attached hydrogens (tertiary/aromatic N) is 4. The molecule has 1 aliphatic heterocycles. The van der Waals surface area contributed by atoms with Gasteiger partial charge in [-0.2, -0.15) is 4.98 Å². The fourth-order valence-electron chi connectivity index (χ4n) is 4.04. The van der Waals surface area contributed by atoms with Crippen LogP contribution in [0.4, 0.5) is 0 Å². The van der Waals surface area contributed by atoms with Crippen molar-refractivity contribution in [1.29, 1.82) is 0 Å². The summed E-state index contributed by atoms with van der Waals surface area (Å²) in [6.07, 6.45) is 4.14. The van der Waals surface area contributed by atoms with Gasteiger partial charge in [-0.1, -0.05) is 57.0 Å². The molecule has 3 aromatic rings. The summed E-state index contributed by atoms with van der Waals surface area (Å²) < 4.78 is 6.36. The van der Waals surface area contributed by atoms with E-state index >= 15 is 0 Å². The molecule has 0 radical (unpaired) electrons. The average Bonchev–Trinajstić information content (AvgIpc) is 3.33. The van der Waals surface area contributed by atoms with Crippen molar-refractivity contribution in [3.63, 3.8) is 0 Å². The molecule has 1 unspecified atom stereocenters. The van der Waals surface area contributed by atoms with Crippen molar-refractivity contribution in [2.75, 3.05) is 19.6 Å². The van der Waals surface area contributed by atoms with Crippen molar-refractivity contribution in [3.8, 4) is 11.4 Å². The van der Waals surface area contributed by atoms with Gasteiger partial charge in [0, 0.05) is 33.7 Å². The molecule has 176 valence electrons. The molecule has 34 heavy (non-hydrogen) atoms. The van der Waals surface area contributed by atoms with Gasteiger partial charge in [0.2, 0.25) is 17.6 Å². The van der Waals surface area contributed by atoms with Crippen LogP contribution in [-0.2, 0) is 4.79 Å². The summed E-state index contributed by atoms with van der Waals surface area (Å²) in [4.78, 5) is 34.2. The van der Waals surface area contributed by atoms with E-state index in [1.165, 1.54) is 4.90 Å². The molecule has 1 saturated heterocycles. The fourth-order valence-corrected chi connectivity index (χ4v) is 4.62. The van der Waals surface area contributed by atoms with Crippen LogP contribution in [-0.4, -0.2) is 51.4 Å². The number of halogens is 2. The second kappa shape index (κ2) is 11.0. The van der Waals surface area contributed by atoms with Crippen molar-refractivity contribution in [3.05, 3.63) is 82.1 Å².